The zero-order chi connectivity index (χ0) is 15.4. The Kier molecular flexibility index (Phi) is 4.77. The molecule has 1 aromatic carbocycles. The molecule has 1 fully saturated rings. The molecule has 2 rings (SSSR count). The highest BCUT2D eigenvalue weighted by Crippen LogP contribution is 2.16. The van der Waals surface area contributed by atoms with Gasteiger partial charge in [-0.1, -0.05) is 6.92 Å². The van der Waals surface area contributed by atoms with Crippen molar-refractivity contribution in [1.82, 2.24) is 9.80 Å². The number of nitrogens with zero attached hydrogens (tertiary/aromatic N) is 2. The van der Waals surface area contributed by atoms with Crippen LogP contribution in [0, 0.1) is 5.82 Å². The van der Waals surface area contributed by atoms with E-state index in [1.807, 2.05) is 6.92 Å². The molecule has 0 saturated carbocycles. The van der Waals surface area contributed by atoms with Crippen LogP contribution in [0.2, 0.25) is 0 Å². The van der Waals surface area contributed by atoms with Gasteiger partial charge in [0.25, 0.3) is 5.91 Å². The fraction of sp³-hybridized carbons (Fsp3) is 0.467. The number of halogens is 1. The number of carbonyl (C=O) groups is 2. The van der Waals surface area contributed by atoms with Crippen molar-refractivity contribution in [2.45, 2.75) is 19.8 Å². The van der Waals surface area contributed by atoms with E-state index in [2.05, 4.69) is 0 Å². The van der Waals surface area contributed by atoms with Gasteiger partial charge in [-0.05, 0) is 24.6 Å². The molecule has 0 unspecified atom stereocenters. The lowest BCUT2D eigenvalue weighted by Crippen LogP contribution is -2.37. The number of nitrogen functional groups attached to an aromatic ring is 1. The second-order valence-corrected chi connectivity index (χ2v) is 5.12. The minimum Gasteiger partial charge on any atom is -0.399 e. The van der Waals surface area contributed by atoms with Crippen LogP contribution in [0.4, 0.5) is 10.1 Å². The first-order valence-corrected chi connectivity index (χ1v) is 7.15. The summed E-state index contributed by atoms with van der Waals surface area (Å²) in [5.41, 5.74) is 5.96. The Morgan fingerprint density at radius 2 is 1.86 bits per heavy atom. The minimum atomic E-state index is -0.570. The Morgan fingerprint density at radius 3 is 2.57 bits per heavy atom. The van der Waals surface area contributed by atoms with Gasteiger partial charge >= 0.3 is 0 Å². The summed E-state index contributed by atoms with van der Waals surface area (Å²) < 4.78 is 13.8. The molecule has 6 heteroatoms. The third-order valence-electron chi connectivity index (χ3n) is 3.66. The topological polar surface area (TPSA) is 66.6 Å². The first-order chi connectivity index (χ1) is 10.0. The van der Waals surface area contributed by atoms with Crippen molar-refractivity contribution in [2.24, 2.45) is 0 Å². The van der Waals surface area contributed by atoms with E-state index in [9.17, 15) is 14.0 Å². The van der Waals surface area contributed by atoms with Crippen LogP contribution < -0.4 is 5.73 Å². The standard InChI is InChI=1S/C15H20FN3O2/c1-2-14(20)18-6-3-7-19(9-8-18)15(21)12-10-11(17)4-5-13(12)16/h4-5,10H,2-3,6-9,17H2,1H3. The second-order valence-electron chi connectivity index (χ2n) is 5.12. The molecule has 1 saturated heterocycles. The lowest BCUT2D eigenvalue weighted by molar-refractivity contribution is -0.130. The molecule has 1 heterocycles. The molecule has 1 aliphatic heterocycles. The molecule has 0 spiro atoms. The molecule has 114 valence electrons. The van der Waals surface area contributed by atoms with Gasteiger partial charge in [-0.15, -0.1) is 0 Å². The van der Waals surface area contributed by atoms with Crippen LogP contribution >= 0.6 is 0 Å². The minimum absolute atomic E-state index is 0.00901. The van der Waals surface area contributed by atoms with Gasteiger partial charge in [-0.25, -0.2) is 4.39 Å². The van der Waals surface area contributed by atoms with Crippen LogP contribution in [0.5, 0.6) is 0 Å². The van der Waals surface area contributed by atoms with Crippen molar-refractivity contribution in [2.75, 3.05) is 31.9 Å². The van der Waals surface area contributed by atoms with Gasteiger partial charge in [-0.3, -0.25) is 9.59 Å². The van der Waals surface area contributed by atoms with E-state index in [-0.39, 0.29) is 17.4 Å². The maximum atomic E-state index is 13.8. The number of hydrogen-bond acceptors (Lipinski definition) is 3. The molecule has 0 atom stereocenters. The summed E-state index contributed by atoms with van der Waals surface area (Å²) in [6, 6.07) is 3.99. The lowest BCUT2D eigenvalue weighted by Gasteiger charge is -2.22. The smallest absolute Gasteiger partial charge is 0.256 e. The number of carbonyl (C=O) groups excluding carboxylic acids is 2. The van der Waals surface area contributed by atoms with Crippen molar-refractivity contribution in [3.8, 4) is 0 Å². The summed E-state index contributed by atoms with van der Waals surface area (Å²) in [5.74, 6) is -0.857. The molecule has 2 N–H and O–H groups in total. The highest BCUT2D eigenvalue weighted by molar-refractivity contribution is 5.95. The fourth-order valence-corrected chi connectivity index (χ4v) is 2.47. The molecule has 21 heavy (non-hydrogen) atoms. The number of nitrogens with two attached hydrogens (primary N) is 1. The summed E-state index contributed by atoms with van der Waals surface area (Å²) >= 11 is 0. The Labute approximate surface area is 123 Å². The van der Waals surface area contributed by atoms with E-state index in [0.717, 1.165) is 0 Å². The van der Waals surface area contributed by atoms with Crippen LogP contribution in [0.25, 0.3) is 0 Å². The van der Waals surface area contributed by atoms with Crippen LogP contribution in [0.3, 0.4) is 0 Å². The first kappa shape index (κ1) is 15.3. The predicted octanol–water partition coefficient (Wildman–Crippen LogP) is 1.49. The molecule has 2 amide bonds. The zero-order valence-electron chi connectivity index (χ0n) is 12.1. The van der Waals surface area contributed by atoms with Crippen molar-refractivity contribution < 1.29 is 14.0 Å². The molecule has 1 aromatic rings. The molecule has 0 bridgehead atoms. The highest BCUT2D eigenvalue weighted by atomic mass is 19.1. The summed E-state index contributed by atoms with van der Waals surface area (Å²) in [6.07, 6.45) is 1.15. The van der Waals surface area contributed by atoms with E-state index in [1.54, 1.807) is 9.80 Å². The van der Waals surface area contributed by atoms with Gasteiger partial charge in [0, 0.05) is 38.3 Å². The van der Waals surface area contributed by atoms with Gasteiger partial charge in [0.15, 0.2) is 0 Å². The summed E-state index contributed by atoms with van der Waals surface area (Å²) in [7, 11) is 0. The van der Waals surface area contributed by atoms with E-state index < -0.39 is 5.82 Å². The van der Waals surface area contributed by atoms with Crippen LogP contribution in [0.15, 0.2) is 18.2 Å². The predicted molar refractivity (Wildman–Crippen MR) is 78.2 cm³/mol. The van der Waals surface area contributed by atoms with Crippen molar-refractivity contribution in [3.63, 3.8) is 0 Å². The molecule has 0 radical (unpaired) electrons. The van der Waals surface area contributed by atoms with Crippen molar-refractivity contribution >= 4 is 17.5 Å². The van der Waals surface area contributed by atoms with Gasteiger partial charge in [-0.2, -0.15) is 0 Å². The monoisotopic (exact) mass is 293 g/mol. The van der Waals surface area contributed by atoms with Crippen LogP contribution in [-0.4, -0.2) is 47.8 Å². The number of rotatable bonds is 2. The van der Waals surface area contributed by atoms with Crippen molar-refractivity contribution in [1.29, 1.82) is 0 Å². The molecular formula is C15H20FN3O2. The van der Waals surface area contributed by atoms with E-state index in [0.29, 0.717) is 44.7 Å². The summed E-state index contributed by atoms with van der Waals surface area (Å²) in [5, 5.41) is 0. The van der Waals surface area contributed by atoms with Gasteiger partial charge < -0.3 is 15.5 Å². The largest absolute Gasteiger partial charge is 0.399 e. The molecule has 1 aliphatic rings. The third kappa shape index (κ3) is 3.51. The molecule has 5 nitrogen and oxygen atoms in total. The number of hydrogen-bond donors (Lipinski definition) is 1. The molecule has 0 aromatic heterocycles. The van der Waals surface area contributed by atoms with E-state index in [4.69, 9.17) is 5.73 Å². The Bertz CT molecular complexity index is 548. The lowest BCUT2D eigenvalue weighted by atomic mass is 10.1. The van der Waals surface area contributed by atoms with Crippen LogP contribution in [-0.2, 0) is 4.79 Å². The fourth-order valence-electron chi connectivity index (χ4n) is 2.47. The van der Waals surface area contributed by atoms with Gasteiger partial charge in [0.05, 0.1) is 5.56 Å². The average Bonchev–Trinajstić information content (AvgIpc) is 2.74. The van der Waals surface area contributed by atoms with Gasteiger partial charge in [0.2, 0.25) is 5.91 Å². The average molecular weight is 293 g/mol. The van der Waals surface area contributed by atoms with Gasteiger partial charge in [0.1, 0.15) is 5.82 Å². The number of benzene rings is 1. The maximum absolute atomic E-state index is 13.8. The SMILES string of the molecule is CCC(=O)N1CCCN(C(=O)c2cc(N)ccc2F)CC1. The van der Waals surface area contributed by atoms with Crippen LogP contribution in [0.1, 0.15) is 30.1 Å². The number of amides is 2. The third-order valence-corrected chi connectivity index (χ3v) is 3.66. The zero-order valence-corrected chi connectivity index (χ0v) is 12.1. The van der Waals surface area contributed by atoms with Crippen molar-refractivity contribution in [3.05, 3.63) is 29.6 Å². The van der Waals surface area contributed by atoms with E-state index >= 15 is 0 Å². The second kappa shape index (κ2) is 6.56. The quantitative estimate of drug-likeness (QED) is 0.840. The Balaban J connectivity index is 2.10. The molecule has 0 aliphatic carbocycles. The Morgan fingerprint density at radius 1 is 1.19 bits per heavy atom. The summed E-state index contributed by atoms with van der Waals surface area (Å²) in [6.45, 7) is 3.87. The summed E-state index contributed by atoms with van der Waals surface area (Å²) in [4.78, 5) is 27.4. The maximum Gasteiger partial charge on any atom is 0.256 e. The first-order valence-electron chi connectivity index (χ1n) is 7.15. The Hall–Kier alpha value is -2.11. The highest BCUT2D eigenvalue weighted by Gasteiger charge is 2.23. The molecular weight excluding hydrogens is 273 g/mol. The normalized spacial score (nSPS) is 15.7. The number of anilines is 1. The van der Waals surface area contributed by atoms with E-state index in [1.165, 1.54) is 18.2 Å².